The standard InChI is InChI=1S/C3H3N7/c1-10-3-2(5-9-10)4-7-8-6-3/h1H3. The van der Waals surface area contributed by atoms with Gasteiger partial charge in [0.25, 0.3) is 0 Å². The highest BCUT2D eigenvalue weighted by atomic mass is 15.5. The summed E-state index contributed by atoms with van der Waals surface area (Å²) in [5, 5.41) is 21.2. The highest BCUT2D eigenvalue weighted by molar-refractivity contribution is 5.61. The van der Waals surface area contributed by atoms with E-state index in [2.05, 4.69) is 30.9 Å². The van der Waals surface area contributed by atoms with Crippen molar-refractivity contribution in [1.29, 1.82) is 0 Å². The van der Waals surface area contributed by atoms with Gasteiger partial charge in [-0.15, -0.1) is 15.3 Å². The highest BCUT2D eigenvalue weighted by Gasteiger charge is 2.01. The Bertz CT molecular complexity index is 350. The second-order valence-electron chi connectivity index (χ2n) is 1.74. The van der Waals surface area contributed by atoms with Crippen LogP contribution >= 0.6 is 0 Å². The van der Waals surface area contributed by atoms with Crippen molar-refractivity contribution in [2.24, 2.45) is 7.05 Å². The predicted octanol–water partition coefficient (Wildman–Crippen LogP) is -1.45. The Morgan fingerprint density at radius 1 is 1.10 bits per heavy atom. The molecule has 0 bridgehead atoms. The van der Waals surface area contributed by atoms with Gasteiger partial charge in [-0.2, -0.15) is 0 Å². The first-order valence-corrected chi connectivity index (χ1v) is 2.59. The molecule has 0 amide bonds. The van der Waals surface area contributed by atoms with Crippen molar-refractivity contribution >= 4 is 11.3 Å². The summed E-state index contributed by atoms with van der Waals surface area (Å²) in [4.78, 5) is 0. The third kappa shape index (κ3) is 0.537. The van der Waals surface area contributed by atoms with Crippen LogP contribution in [-0.4, -0.2) is 35.6 Å². The van der Waals surface area contributed by atoms with E-state index in [0.29, 0.717) is 11.3 Å². The molecule has 0 aliphatic heterocycles. The summed E-state index contributed by atoms with van der Waals surface area (Å²) >= 11 is 0. The molecule has 0 aliphatic carbocycles. The second-order valence-corrected chi connectivity index (χ2v) is 1.74. The minimum Gasteiger partial charge on any atom is -0.227 e. The van der Waals surface area contributed by atoms with E-state index in [-0.39, 0.29) is 0 Å². The fourth-order valence-electron chi connectivity index (χ4n) is 0.640. The van der Waals surface area contributed by atoms with Gasteiger partial charge in [0.1, 0.15) is 0 Å². The predicted molar refractivity (Wildman–Crippen MR) is 29.7 cm³/mol. The molecule has 0 fully saturated rings. The van der Waals surface area contributed by atoms with Crippen LogP contribution in [0.2, 0.25) is 0 Å². The lowest BCUT2D eigenvalue weighted by Gasteiger charge is -1.83. The number of aryl methyl sites for hydroxylation is 1. The number of fused-ring (bicyclic) bond motifs is 1. The first-order chi connectivity index (χ1) is 4.88. The molecule has 2 heterocycles. The summed E-state index contributed by atoms with van der Waals surface area (Å²) in [6.07, 6.45) is 0. The molecule has 0 atom stereocenters. The van der Waals surface area contributed by atoms with E-state index in [0.717, 1.165) is 0 Å². The lowest BCUT2D eigenvalue weighted by atomic mass is 10.7. The van der Waals surface area contributed by atoms with Crippen molar-refractivity contribution in [3.05, 3.63) is 0 Å². The van der Waals surface area contributed by atoms with Crippen molar-refractivity contribution in [1.82, 2.24) is 35.6 Å². The largest absolute Gasteiger partial charge is 0.245 e. The number of rotatable bonds is 0. The van der Waals surface area contributed by atoms with E-state index in [1.165, 1.54) is 4.68 Å². The van der Waals surface area contributed by atoms with E-state index < -0.39 is 0 Å². The van der Waals surface area contributed by atoms with Crippen LogP contribution in [0.4, 0.5) is 0 Å². The first kappa shape index (κ1) is 5.15. The number of aromatic nitrogens is 7. The Morgan fingerprint density at radius 3 is 2.70 bits per heavy atom. The first-order valence-electron chi connectivity index (χ1n) is 2.59. The average molecular weight is 137 g/mol. The quantitative estimate of drug-likeness (QED) is 0.441. The molecule has 7 heteroatoms. The highest BCUT2D eigenvalue weighted by Crippen LogP contribution is 1.95. The van der Waals surface area contributed by atoms with Gasteiger partial charge in [-0.05, 0) is 10.4 Å². The molecule has 0 saturated carbocycles. The average Bonchev–Trinajstić information content (AvgIpc) is 2.34. The van der Waals surface area contributed by atoms with Crippen LogP contribution in [0, 0.1) is 0 Å². The number of nitrogens with zero attached hydrogens (tertiary/aromatic N) is 7. The van der Waals surface area contributed by atoms with Gasteiger partial charge in [0.2, 0.25) is 11.3 Å². The third-order valence-electron chi connectivity index (χ3n) is 1.10. The Balaban J connectivity index is 2.93. The lowest BCUT2D eigenvalue weighted by Crippen LogP contribution is -1.95. The van der Waals surface area contributed by atoms with E-state index in [9.17, 15) is 0 Å². The summed E-state index contributed by atoms with van der Waals surface area (Å²) in [5.41, 5.74) is 0.951. The third-order valence-corrected chi connectivity index (χ3v) is 1.10. The molecule has 50 valence electrons. The topological polar surface area (TPSA) is 82.3 Å². The van der Waals surface area contributed by atoms with Gasteiger partial charge in [-0.3, -0.25) is 0 Å². The van der Waals surface area contributed by atoms with Gasteiger partial charge < -0.3 is 0 Å². The normalized spacial score (nSPS) is 10.5. The summed E-state index contributed by atoms with van der Waals surface area (Å²) in [7, 11) is 1.71. The van der Waals surface area contributed by atoms with E-state index in [4.69, 9.17) is 0 Å². The molecule has 2 rings (SSSR count). The van der Waals surface area contributed by atoms with Crippen LogP contribution < -0.4 is 0 Å². The Kier molecular flexibility index (Phi) is 0.854. The monoisotopic (exact) mass is 137 g/mol. The van der Waals surface area contributed by atoms with E-state index in [1.807, 2.05) is 0 Å². The fraction of sp³-hybridized carbons (Fsp3) is 0.333. The summed E-state index contributed by atoms with van der Waals surface area (Å²) in [6, 6.07) is 0. The van der Waals surface area contributed by atoms with Gasteiger partial charge in [-0.25, -0.2) is 4.68 Å². The number of hydrogen-bond acceptors (Lipinski definition) is 6. The van der Waals surface area contributed by atoms with Gasteiger partial charge in [-0.1, -0.05) is 5.21 Å². The molecular formula is C3H3N7. The summed E-state index contributed by atoms with van der Waals surface area (Å²) in [5.74, 6) is 0. The van der Waals surface area contributed by atoms with Gasteiger partial charge in [0.05, 0.1) is 0 Å². The minimum absolute atomic E-state index is 0.414. The molecule has 0 unspecified atom stereocenters. The zero-order chi connectivity index (χ0) is 6.97. The second kappa shape index (κ2) is 1.66. The molecule has 0 radical (unpaired) electrons. The van der Waals surface area contributed by atoms with Crippen LogP contribution in [0.1, 0.15) is 0 Å². The van der Waals surface area contributed by atoms with Crippen molar-refractivity contribution in [3.8, 4) is 0 Å². The Morgan fingerprint density at radius 2 is 1.90 bits per heavy atom. The van der Waals surface area contributed by atoms with Crippen molar-refractivity contribution in [3.63, 3.8) is 0 Å². The van der Waals surface area contributed by atoms with E-state index >= 15 is 0 Å². The Hall–Kier alpha value is -1.66. The molecular weight excluding hydrogens is 134 g/mol. The SMILES string of the molecule is Cn1nnc2nnnnc21. The van der Waals surface area contributed by atoms with Crippen LogP contribution in [0.15, 0.2) is 0 Å². The number of hydrogen-bond donors (Lipinski definition) is 0. The minimum atomic E-state index is 0.414. The van der Waals surface area contributed by atoms with Gasteiger partial charge in [0.15, 0.2) is 0 Å². The summed E-state index contributed by atoms with van der Waals surface area (Å²) in [6.45, 7) is 0. The molecule has 10 heavy (non-hydrogen) atoms. The van der Waals surface area contributed by atoms with Crippen molar-refractivity contribution in [2.75, 3.05) is 0 Å². The van der Waals surface area contributed by atoms with E-state index in [1.54, 1.807) is 7.05 Å². The van der Waals surface area contributed by atoms with Crippen LogP contribution in [0.5, 0.6) is 0 Å². The lowest BCUT2D eigenvalue weighted by molar-refractivity contribution is 0.718. The molecule has 2 aromatic heterocycles. The zero-order valence-corrected chi connectivity index (χ0v) is 5.13. The molecule has 0 saturated heterocycles. The summed E-state index contributed by atoms with van der Waals surface area (Å²) < 4.78 is 1.48. The molecule has 0 aliphatic rings. The van der Waals surface area contributed by atoms with Crippen LogP contribution in [0.25, 0.3) is 11.3 Å². The molecule has 2 aromatic rings. The maximum Gasteiger partial charge on any atom is 0.245 e. The maximum atomic E-state index is 3.66. The molecule has 7 nitrogen and oxygen atoms in total. The fourth-order valence-corrected chi connectivity index (χ4v) is 0.640. The van der Waals surface area contributed by atoms with Crippen LogP contribution in [-0.2, 0) is 7.05 Å². The van der Waals surface area contributed by atoms with Gasteiger partial charge >= 0.3 is 0 Å². The van der Waals surface area contributed by atoms with Crippen molar-refractivity contribution in [2.45, 2.75) is 0 Å². The smallest absolute Gasteiger partial charge is 0.227 e. The van der Waals surface area contributed by atoms with Crippen LogP contribution in [0.3, 0.4) is 0 Å². The van der Waals surface area contributed by atoms with Crippen molar-refractivity contribution < 1.29 is 0 Å². The maximum absolute atomic E-state index is 3.66. The molecule has 0 aromatic carbocycles. The Labute approximate surface area is 55.1 Å². The molecule has 0 spiro atoms. The van der Waals surface area contributed by atoms with Gasteiger partial charge in [0, 0.05) is 7.05 Å². The zero-order valence-electron chi connectivity index (χ0n) is 5.13. The molecule has 0 N–H and O–H groups in total.